The fourth-order valence-corrected chi connectivity index (χ4v) is 4.77. The van der Waals surface area contributed by atoms with E-state index >= 15 is 0 Å². The molecule has 4 nitrogen and oxygen atoms in total. The van der Waals surface area contributed by atoms with Crippen LogP contribution in [0.3, 0.4) is 0 Å². The molecule has 0 saturated heterocycles. The lowest BCUT2D eigenvalue weighted by molar-refractivity contribution is 0.653. The number of para-hydroxylation sites is 2. The third kappa shape index (κ3) is 2.72. The van der Waals surface area contributed by atoms with E-state index in [1.54, 1.807) is 11.3 Å². The van der Waals surface area contributed by atoms with Crippen LogP contribution in [-0.4, -0.2) is 25.7 Å². The molecule has 4 aromatic rings. The Morgan fingerprint density at radius 2 is 1.87 bits per heavy atom. The monoisotopic (exact) mass is 340 g/mol. The highest BCUT2D eigenvalue weighted by molar-refractivity contribution is 7.99. The van der Waals surface area contributed by atoms with E-state index in [9.17, 15) is 0 Å². The standard InChI is InChI=1S/C17H16N4S2/c1-2-11-22-17(16-18-13-8-4-6-10-15(13)23-16)21-14-9-5-3-7-12(14)19-20-21/h3-10,17H,2,11H2,1H3. The van der Waals surface area contributed by atoms with Crippen molar-refractivity contribution in [2.24, 2.45) is 0 Å². The molecule has 0 aliphatic heterocycles. The zero-order valence-electron chi connectivity index (χ0n) is 12.7. The van der Waals surface area contributed by atoms with Crippen molar-refractivity contribution in [3.05, 3.63) is 53.5 Å². The summed E-state index contributed by atoms with van der Waals surface area (Å²) in [5.74, 6) is 1.06. The van der Waals surface area contributed by atoms with Crippen molar-refractivity contribution in [1.82, 2.24) is 20.0 Å². The number of thioether (sulfide) groups is 1. The highest BCUT2D eigenvalue weighted by Gasteiger charge is 2.21. The summed E-state index contributed by atoms with van der Waals surface area (Å²) in [5, 5.41) is 9.86. The van der Waals surface area contributed by atoms with Crippen LogP contribution in [0.4, 0.5) is 0 Å². The number of nitrogens with zero attached hydrogens (tertiary/aromatic N) is 4. The molecule has 1 atom stereocenters. The van der Waals surface area contributed by atoms with Crippen molar-refractivity contribution >= 4 is 44.3 Å². The first-order valence-electron chi connectivity index (χ1n) is 7.64. The Balaban J connectivity index is 1.83. The van der Waals surface area contributed by atoms with Crippen LogP contribution in [0.2, 0.25) is 0 Å². The van der Waals surface area contributed by atoms with Crippen LogP contribution in [0.5, 0.6) is 0 Å². The van der Waals surface area contributed by atoms with Crippen molar-refractivity contribution in [1.29, 1.82) is 0 Å². The zero-order valence-corrected chi connectivity index (χ0v) is 14.3. The third-order valence-corrected chi connectivity index (χ3v) is 6.22. The van der Waals surface area contributed by atoms with E-state index in [1.807, 2.05) is 40.7 Å². The van der Waals surface area contributed by atoms with E-state index in [0.29, 0.717) is 0 Å². The fraction of sp³-hybridized carbons (Fsp3) is 0.235. The largest absolute Gasteiger partial charge is 0.238 e. The van der Waals surface area contributed by atoms with Crippen LogP contribution < -0.4 is 0 Å². The van der Waals surface area contributed by atoms with Crippen LogP contribution in [-0.2, 0) is 0 Å². The number of benzene rings is 2. The van der Waals surface area contributed by atoms with Gasteiger partial charge >= 0.3 is 0 Å². The summed E-state index contributed by atoms with van der Waals surface area (Å²) in [5.41, 5.74) is 3.04. The quantitative estimate of drug-likeness (QED) is 0.527. The Bertz CT molecular complexity index is 911. The molecule has 116 valence electrons. The van der Waals surface area contributed by atoms with Gasteiger partial charge in [-0.2, -0.15) is 0 Å². The molecular formula is C17H16N4S2. The predicted octanol–water partition coefficient (Wildman–Crippen LogP) is 4.73. The van der Waals surface area contributed by atoms with E-state index in [0.717, 1.165) is 33.7 Å². The van der Waals surface area contributed by atoms with Crippen LogP contribution in [0.15, 0.2) is 48.5 Å². The molecule has 2 aromatic heterocycles. The SMILES string of the molecule is CCCSC(c1nc2ccccc2s1)n1nnc2ccccc21. The van der Waals surface area contributed by atoms with E-state index in [1.165, 1.54) is 4.70 Å². The van der Waals surface area contributed by atoms with Gasteiger partial charge < -0.3 is 0 Å². The molecule has 0 aliphatic carbocycles. The van der Waals surface area contributed by atoms with Crippen LogP contribution in [0.25, 0.3) is 21.3 Å². The second kappa shape index (κ2) is 6.29. The van der Waals surface area contributed by atoms with Crippen molar-refractivity contribution < 1.29 is 0 Å². The summed E-state index contributed by atoms with van der Waals surface area (Å²) in [6.45, 7) is 2.20. The predicted molar refractivity (Wildman–Crippen MR) is 98.0 cm³/mol. The van der Waals surface area contributed by atoms with Crippen LogP contribution >= 0.6 is 23.1 Å². The molecule has 1 unspecified atom stereocenters. The molecule has 23 heavy (non-hydrogen) atoms. The van der Waals surface area contributed by atoms with Gasteiger partial charge in [0.1, 0.15) is 10.5 Å². The van der Waals surface area contributed by atoms with Crippen LogP contribution in [0.1, 0.15) is 23.7 Å². The maximum atomic E-state index is 4.84. The molecule has 4 rings (SSSR count). The first kappa shape index (κ1) is 14.7. The van der Waals surface area contributed by atoms with Gasteiger partial charge in [0.25, 0.3) is 0 Å². The highest BCUT2D eigenvalue weighted by atomic mass is 32.2. The zero-order chi connectivity index (χ0) is 15.6. The molecule has 6 heteroatoms. The minimum atomic E-state index is 0.0692. The Labute approximate surface area is 142 Å². The minimum Gasteiger partial charge on any atom is -0.238 e. The molecule has 0 bridgehead atoms. The number of hydrogen-bond acceptors (Lipinski definition) is 5. The summed E-state index contributed by atoms with van der Waals surface area (Å²) in [4.78, 5) is 4.84. The van der Waals surface area contributed by atoms with Gasteiger partial charge in [0.2, 0.25) is 0 Å². The van der Waals surface area contributed by atoms with Gasteiger partial charge in [-0.15, -0.1) is 28.2 Å². The van der Waals surface area contributed by atoms with Gasteiger partial charge in [-0.05, 0) is 36.4 Å². The average molecular weight is 340 g/mol. The molecule has 0 spiro atoms. The van der Waals surface area contributed by atoms with Gasteiger partial charge in [-0.25, -0.2) is 9.67 Å². The van der Waals surface area contributed by atoms with Gasteiger partial charge in [0.05, 0.1) is 15.7 Å². The van der Waals surface area contributed by atoms with Crippen molar-refractivity contribution in [3.8, 4) is 0 Å². The lowest BCUT2D eigenvalue weighted by atomic mass is 10.3. The number of fused-ring (bicyclic) bond motifs is 2. The van der Waals surface area contributed by atoms with Crippen molar-refractivity contribution in [2.75, 3.05) is 5.75 Å². The molecule has 0 aliphatic rings. The summed E-state index contributed by atoms with van der Waals surface area (Å²) in [6, 6.07) is 16.4. The van der Waals surface area contributed by atoms with Crippen molar-refractivity contribution in [2.45, 2.75) is 18.7 Å². The summed E-state index contributed by atoms with van der Waals surface area (Å²) < 4.78 is 3.22. The Morgan fingerprint density at radius 1 is 1.09 bits per heavy atom. The van der Waals surface area contributed by atoms with E-state index in [-0.39, 0.29) is 5.37 Å². The van der Waals surface area contributed by atoms with E-state index < -0.39 is 0 Å². The van der Waals surface area contributed by atoms with Crippen LogP contribution in [0, 0.1) is 0 Å². The van der Waals surface area contributed by atoms with Crippen molar-refractivity contribution in [3.63, 3.8) is 0 Å². The normalized spacial score (nSPS) is 12.9. The van der Waals surface area contributed by atoms with E-state index in [2.05, 4.69) is 41.5 Å². The fourth-order valence-electron chi connectivity index (χ4n) is 2.53. The molecule has 2 heterocycles. The minimum absolute atomic E-state index is 0.0692. The molecule has 0 amide bonds. The lowest BCUT2D eigenvalue weighted by Crippen LogP contribution is -2.09. The Kier molecular flexibility index (Phi) is 4.01. The Morgan fingerprint density at radius 3 is 2.70 bits per heavy atom. The number of hydrogen-bond donors (Lipinski definition) is 0. The van der Waals surface area contributed by atoms with Gasteiger partial charge in [-0.3, -0.25) is 0 Å². The first-order valence-corrected chi connectivity index (χ1v) is 9.50. The maximum Gasteiger partial charge on any atom is 0.151 e. The summed E-state index contributed by atoms with van der Waals surface area (Å²) in [7, 11) is 0. The van der Waals surface area contributed by atoms with Gasteiger partial charge in [0.15, 0.2) is 5.37 Å². The average Bonchev–Trinajstić information content (AvgIpc) is 3.20. The summed E-state index contributed by atoms with van der Waals surface area (Å²) in [6.07, 6.45) is 1.12. The van der Waals surface area contributed by atoms with Gasteiger partial charge in [-0.1, -0.05) is 36.4 Å². The maximum absolute atomic E-state index is 4.84. The molecule has 0 saturated carbocycles. The highest BCUT2D eigenvalue weighted by Crippen LogP contribution is 2.37. The molecule has 0 radical (unpaired) electrons. The third-order valence-electron chi connectivity index (χ3n) is 3.60. The topological polar surface area (TPSA) is 43.6 Å². The number of aromatic nitrogens is 4. The second-order valence-corrected chi connectivity index (χ2v) is 7.52. The van der Waals surface area contributed by atoms with E-state index in [4.69, 9.17) is 4.98 Å². The Hall–Kier alpha value is -1.92. The molecular weight excluding hydrogens is 324 g/mol. The van der Waals surface area contributed by atoms with Gasteiger partial charge in [0, 0.05) is 0 Å². The second-order valence-electron chi connectivity index (χ2n) is 5.27. The number of thiazole rings is 1. The molecule has 0 N–H and O–H groups in total. The smallest absolute Gasteiger partial charge is 0.151 e. The molecule has 2 aromatic carbocycles. The lowest BCUT2D eigenvalue weighted by Gasteiger charge is -2.14. The first-order chi connectivity index (χ1) is 11.4. The molecule has 0 fully saturated rings. The number of rotatable bonds is 5. The summed E-state index contributed by atoms with van der Waals surface area (Å²) >= 11 is 3.61.